The molecule has 0 aromatic heterocycles. The van der Waals surface area contributed by atoms with Gasteiger partial charge in [-0.15, -0.1) is 0 Å². The van der Waals surface area contributed by atoms with Crippen molar-refractivity contribution in [1.82, 2.24) is 5.32 Å². The quantitative estimate of drug-likeness (QED) is 0.791. The van der Waals surface area contributed by atoms with Gasteiger partial charge in [0.25, 0.3) is 6.43 Å². The molecule has 0 aliphatic carbocycles. The fraction of sp³-hybridized carbons (Fsp3) is 1.00. The number of hydrogen-bond acceptors (Lipinski definition) is 2. The first-order valence-electron chi connectivity index (χ1n) is 6.21. The van der Waals surface area contributed by atoms with Crippen LogP contribution in [0.15, 0.2) is 0 Å². The third-order valence-corrected chi connectivity index (χ3v) is 3.66. The lowest BCUT2D eigenvalue weighted by atomic mass is 9.85. The summed E-state index contributed by atoms with van der Waals surface area (Å²) in [6.07, 6.45) is 1.28. The van der Waals surface area contributed by atoms with Crippen molar-refractivity contribution in [2.75, 3.05) is 6.61 Å². The van der Waals surface area contributed by atoms with Crippen LogP contribution >= 0.6 is 0 Å². The molecule has 2 atom stereocenters. The average Bonchev–Trinajstić information content (AvgIpc) is 2.29. The average molecular weight is 235 g/mol. The Morgan fingerprint density at radius 3 is 2.50 bits per heavy atom. The van der Waals surface area contributed by atoms with E-state index in [2.05, 4.69) is 19.2 Å². The van der Waals surface area contributed by atoms with Crippen LogP contribution in [-0.4, -0.2) is 30.7 Å². The zero-order valence-corrected chi connectivity index (χ0v) is 10.4. The van der Waals surface area contributed by atoms with Crippen molar-refractivity contribution >= 4 is 0 Å². The van der Waals surface area contributed by atoms with Crippen LogP contribution < -0.4 is 5.32 Å². The highest BCUT2D eigenvalue weighted by Crippen LogP contribution is 2.31. The van der Waals surface area contributed by atoms with Crippen LogP contribution in [0, 0.1) is 0 Å². The first-order chi connectivity index (χ1) is 7.53. The molecule has 1 rings (SSSR count). The predicted octanol–water partition coefficient (Wildman–Crippen LogP) is 2.97. The molecule has 1 aliphatic heterocycles. The summed E-state index contributed by atoms with van der Waals surface area (Å²) in [7, 11) is 0. The third-order valence-electron chi connectivity index (χ3n) is 3.66. The molecule has 0 bridgehead atoms. The molecule has 16 heavy (non-hydrogen) atoms. The van der Waals surface area contributed by atoms with Gasteiger partial charge in [0.1, 0.15) is 0 Å². The number of alkyl halides is 2. The first kappa shape index (κ1) is 13.8. The first-order valence-corrected chi connectivity index (χ1v) is 6.21. The Kier molecular flexibility index (Phi) is 5.12. The van der Waals surface area contributed by atoms with E-state index in [1.807, 2.05) is 0 Å². The van der Waals surface area contributed by atoms with Crippen molar-refractivity contribution in [1.29, 1.82) is 0 Å². The van der Waals surface area contributed by atoms with E-state index >= 15 is 0 Å². The Labute approximate surface area is 96.7 Å². The summed E-state index contributed by atoms with van der Waals surface area (Å²) in [5.41, 5.74) is -0.0994. The van der Waals surface area contributed by atoms with Crippen molar-refractivity contribution < 1.29 is 13.5 Å². The van der Waals surface area contributed by atoms with E-state index in [9.17, 15) is 8.78 Å². The van der Waals surface area contributed by atoms with Crippen molar-refractivity contribution in [2.45, 2.75) is 70.6 Å². The third kappa shape index (κ3) is 3.39. The molecular formula is C12H23F2NO. The van der Waals surface area contributed by atoms with Crippen LogP contribution in [0.1, 0.15) is 46.5 Å². The van der Waals surface area contributed by atoms with Crippen LogP contribution in [-0.2, 0) is 4.74 Å². The highest BCUT2D eigenvalue weighted by atomic mass is 19.3. The van der Waals surface area contributed by atoms with E-state index in [0.717, 1.165) is 25.7 Å². The zero-order chi connectivity index (χ0) is 12.2. The Bertz CT molecular complexity index is 207. The predicted molar refractivity (Wildman–Crippen MR) is 60.9 cm³/mol. The zero-order valence-electron chi connectivity index (χ0n) is 10.4. The fourth-order valence-electron chi connectivity index (χ4n) is 2.36. The van der Waals surface area contributed by atoms with Gasteiger partial charge >= 0.3 is 0 Å². The maximum absolute atomic E-state index is 12.4. The maximum atomic E-state index is 12.4. The van der Waals surface area contributed by atoms with Gasteiger partial charge < -0.3 is 10.1 Å². The second-order valence-electron chi connectivity index (χ2n) is 4.72. The summed E-state index contributed by atoms with van der Waals surface area (Å²) < 4.78 is 30.7. The number of halogens is 2. The van der Waals surface area contributed by atoms with Gasteiger partial charge in [0.15, 0.2) is 0 Å². The molecule has 2 unspecified atom stereocenters. The minimum Gasteiger partial charge on any atom is -0.375 e. The van der Waals surface area contributed by atoms with Gasteiger partial charge in [-0.3, -0.25) is 0 Å². The van der Waals surface area contributed by atoms with E-state index in [4.69, 9.17) is 4.74 Å². The molecule has 2 nitrogen and oxygen atoms in total. The lowest BCUT2D eigenvalue weighted by Crippen LogP contribution is -2.50. The van der Waals surface area contributed by atoms with Crippen LogP contribution in [0.5, 0.6) is 0 Å². The number of nitrogens with one attached hydrogen (secondary N) is 1. The molecule has 0 radical (unpaired) electrons. The van der Waals surface area contributed by atoms with Crippen LogP contribution in [0.25, 0.3) is 0 Å². The molecule has 0 spiro atoms. The molecule has 1 fully saturated rings. The van der Waals surface area contributed by atoms with Crippen LogP contribution in [0.2, 0.25) is 0 Å². The molecule has 1 aliphatic rings. The molecule has 1 N–H and O–H groups in total. The van der Waals surface area contributed by atoms with E-state index in [0.29, 0.717) is 6.61 Å². The Balaban J connectivity index is 2.50. The topological polar surface area (TPSA) is 21.3 Å². The summed E-state index contributed by atoms with van der Waals surface area (Å²) in [5, 5.41) is 3.01. The monoisotopic (exact) mass is 235 g/mol. The number of rotatable bonds is 5. The van der Waals surface area contributed by atoms with Gasteiger partial charge in [-0.25, -0.2) is 8.78 Å². The molecular weight excluding hydrogens is 212 g/mol. The summed E-state index contributed by atoms with van der Waals surface area (Å²) in [5.74, 6) is 0. The van der Waals surface area contributed by atoms with Gasteiger partial charge in [0.05, 0.1) is 11.6 Å². The SMILES string of the molecule is CCC1(CC)CC(NC(C)C(F)F)CCO1. The lowest BCUT2D eigenvalue weighted by molar-refractivity contribution is -0.0957. The minimum absolute atomic E-state index is 0.0994. The standard InChI is InChI=1S/C12H23F2NO/c1-4-12(5-2)8-10(6-7-16-12)15-9(3)11(13)14/h9-11,15H,4-8H2,1-3H3. The highest BCUT2D eigenvalue weighted by molar-refractivity contribution is 4.89. The van der Waals surface area contributed by atoms with Crippen molar-refractivity contribution in [3.63, 3.8) is 0 Å². The van der Waals surface area contributed by atoms with E-state index in [1.54, 1.807) is 6.92 Å². The van der Waals surface area contributed by atoms with Crippen LogP contribution in [0.4, 0.5) is 8.78 Å². The molecule has 0 saturated carbocycles. The molecule has 0 aromatic rings. The smallest absolute Gasteiger partial charge is 0.253 e. The van der Waals surface area contributed by atoms with E-state index in [1.165, 1.54) is 0 Å². The molecule has 4 heteroatoms. The molecule has 1 saturated heterocycles. The van der Waals surface area contributed by atoms with E-state index in [-0.39, 0.29) is 11.6 Å². The lowest BCUT2D eigenvalue weighted by Gasteiger charge is -2.41. The summed E-state index contributed by atoms with van der Waals surface area (Å²) in [6.45, 7) is 6.42. The van der Waals surface area contributed by atoms with Gasteiger partial charge in [-0.1, -0.05) is 13.8 Å². The second-order valence-corrected chi connectivity index (χ2v) is 4.72. The minimum atomic E-state index is -2.29. The van der Waals surface area contributed by atoms with Crippen molar-refractivity contribution in [3.05, 3.63) is 0 Å². The number of hydrogen-bond donors (Lipinski definition) is 1. The summed E-state index contributed by atoms with van der Waals surface area (Å²) >= 11 is 0. The Morgan fingerprint density at radius 1 is 1.38 bits per heavy atom. The molecule has 0 aromatic carbocycles. The van der Waals surface area contributed by atoms with Gasteiger partial charge in [0, 0.05) is 12.6 Å². The van der Waals surface area contributed by atoms with Gasteiger partial charge in [-0.2, -0.15) is 0 Å². The fourth-order valence-corrected chi connectivity index (χ4v) is 2.36. The van der Waals surface area contributed by atoms with Crippen molar-refractivity contribution in [3.8, 4) is 0 Å². The molecule has 96 valence electrons. The van der Waals surface area contributed by atoms with E-state index < -0.39 is 12.5 Å². The summed E-state index contributed by atoms with van der Waals surface area (Å²) in [4.78, 5) is 0. The Morgan fingerprint density at radius 2 is 2.00 bits per heavy atom. The normalized spacial score (nSPS) is 27.0. The molecule has 0 amide bonds. The largest absolute Gasteiger partial charge is 0.375 e. The second kappa shape index (κ2) is 5.92. The van der Waals surface area contributed by atoms with Gasteiger partial charge in [0.2, 0.25) is 0 Å². The number of ether oxygens (including phenoxy) is 1. The van der Waals surface area contributed by atoms with Crippen molar-refractivity contribution in [2.24, 2.45) is 0 Å². The Hall–Kier alpha value is -0.220. The maximum Gasteiger partial charge on any atom is 0.253 e. The highest BCUT2D eigenvalue weighted by Gasteiger charge is 2.35. The molecule has 1 heterocycles. The van der Waals surface area contributed by atoms with Crippen LogP contribution in [0.3, 0.4) is 0 Å². The summed E-state index contributed by atoms with van der Waals surface area (Å²) in [6, 6.07) is -0.563. The van der Waals surface area contributed by atoms with Gasteiger partial charge in [-0.05, 0) is 32.6 Å².